The van der Waals surface area contributed by atoms with Crippen LogP contribution in [0.4, 0.5) is 5.82 Å². The maximum Gasteiger partial charge on any atom is 0.279 e. The van der Waals surface area contributed by atoms with Gasteiger partial charge in [-0.25, -0.2) is 9.97 Å². The van der Waals surface area contributed by atoms with Crippen LogP contribution < -0.4 is 5.32 Å². The molecule has 0 saturated heterocycles. The van der Waals surface area contributed by atoms with E-state index in [-0.39, 0.29) is 11.8 Å². The Kier molecular flexibility index (Phi) is 4.56. The fourth-order valence-electron chi connectivity index (χ4n) is 1.51. The largest absolute Gasteiger partial charge is 0.447 e. The summed E-state index contributed by atoms with van der Waals surface area (Å²) in [7, 11) is 0. The second-order valence-corrected chi connectivity index (χ2v) is 6.24. The first-order valence-electron chi connectivity index (χ1n) is 5.54. The number of rotatable bonds is 3. The van der Waals surface area contributed by atoms with Crippen molar-refractivity contribution in [1.29, 1.82) is 0 Å². The molecule has 0 aromatic carbocycles. The van der Waals surface area contributed by atoms with Gasteiger partial charge in [0.2, 0.25) is 0 Å². The lowest BCUT2D eigenvalue weighted by Gasteiger charge is -2.07. The predicted octanol–water partition coefficient (Wildman–Crippen LogP) is 3.81. The van der Waals surface area contributed by atoms with Crippen LogP contribution in [0.3, 0.4) is 0 Å². The van der Waals surface area contributed by atoms with Crippen molar-refractivity contribution in [2.45, 2.75) is 19.8 Å². The number of halogens is 2. The Morgan fingerprint density at radius 3 is 2.84 bits per heavy atom. The van der Waals surface area contributed by atoms with Crippen molar-refractivity contribution in [2.75, 3.05) is 5.32 Å². The summed E-state index contributed by atoms with van der Waals surface area (Å²) in [5, 5.41) is 2.73. The molecule has 0 aliphatic carbocycles. The van der Waals surface area contributed by atoms with E-state index in [4.69, 9.17) is 4.42 Å². The third kappa shape index (κ3) is 3.33. The Morgan fingerprint density at radius 2 is 2.21 bits per heavy atom. The third-order valence-corrected chi connectivity index (χ3v) is 3.63. The van der Waals surface area contributed by atoms with Gasteiger partial charge in [0, 0.05) is 16.6 Å². The molecular weight excluding hydrogens is 425 g/mol. The van der Waals surface area contributed by atoms with Gasteiger partial charge in [0.25, 0.3) is 5.91 Å². The molecule has 0 spiro atoms. The van der Waals surface area contributed by atoms with Gasteiger partial charge in [-0.3, -0.25) is 4.79 Å². The first-order chi connectivity index (χ1) is 8.99. The predicted molar refractivity (Wildman–Crippen MR) is 83.2 cm³/mol. The topological polar surface area (TPSA) is 68.0 Å². The van der Waals surface area contributed by atoms with Crippen molar-refractivity contribution in [3.8, 4) is 0 Å². The number of carbonyl (C=O) groups is 1. The molecule has 0 saturated carbocycles. The average molecular weight is 436 g/mol. The summed E-state index contributed by atoms with van der Waals surface area (Å²) in [6, 6.07) is 1.87. The van der Waals surface area contributed by atoms with Crippen LogP contribution >= 0.6 is 38.5 Å². The monoisotopic (exact) mass is 435 g/mol. The SMILES string of the molecule is CC(C)c1ocnc1C(=O)Nc1ncc(Br)cc1I. The van der Waals surface area contributed by atoms with Gasteiger partial charge in [-0.2, -0.15) is 0 Å². The molecule has 2 aromatic rings. The molecule has 0 bridgehead atoms. The number of carbonyl (C=O) groups excluding carboxylic acids is 1. The molecule has 0 aliphatic heterocycles. The van der Waals surface area contributed by atoms with Gasteiger partial charge >= 0.3 is 0 Å². The molecule has 19 heavy (non-hydrogen) atoms. The molecule has 0 fully saturated rings. The van der Waals surface area contributed by atoms with Crippen LogP contribution in [0.1, 0.15) is 36.0 Å². The molecule has 7 heteroatoms. The average Bonchev–Trinajstić information content (AvgIpc) is 2.82. The van der Waals surface area contributed by atoms with Crippen molar-refractivity contribution >= 4 is 50.2 Å². The molecule has 5 nitrogen and oxygen atoms in total. The van der Waals surface area contributed by atoms with E-state index in [9.17, 15) is 4.79 Å². The third-order valence-electron chi connectivity index (χ3n) is 2.37. The van der Waals surface area contributed by atoms with Crippen LogP contribution in [0.5, 0.6) is 0 Å². The molecule has 2 heterocycles. The minimum absolute atomic E-state index is 0.0974. The van der Waals surface area contributed by atoms with Gasteiger partial charge in [0.1, 0.15) is 11.6 Å². The Labute approximate surface area is 132 Å². The number of hydrogen-bond donors (Lipinski definition) is 1. The van der Waals surface area contributed by atoms with Gasteiger partial charge in [-0.05, 0) is 44.6 Å². The Bertz CT molecular complexity index is 613. The van der Waals surface area contributed by atoms with E-state index in [0.717, 1.165) is 8.04 Å². The van der Waals surface area contributed by atoms with Crippen LogP contribution in [0.2, 0.25) is 0 Å². The minimum Gasteiger partial charge on any atom is -0.447 e. The second-order valence-electron chi connectivity index (χ2n) is 4.16. The maximum absolute atomic E-state index is 12.1. The lowest BCUT2D eigenvalue weighted by molar-refractivity contribution is 0.102. The molecule has 2 aromatic heterocycles. The zero-order valence-electron chi connectivity index (χ0n) is 10.3. The standard InChI is InChI=1S/C12H11BrIN3O2/c1-6(2)10-9(16-5-19-10)12(18)17-11-8(14)3-7(13)4-15-11/h3-6H,1-2H3,(H,15,17,18). The van der Waals surface area contributed by atoms with Crippen molar-refractivity contribution in [2.24, 2.45) is 0 Å². The zero-order chi connectivity index (χ0) is 14.0. The van der Waals surface area contributed by atoms with E-state index in [1.54, 1.807) is 6.20 Å². The number of nitrogens with one attached hydrogen (secondary N) is 1. The Morgan fingerprint density at radius 1 is 1.47 bits per heavy atom. The summed E-state index contributed by atoms with van der Waals surface area (Å²) in [4.78, 5) is 20.3. The molecule has 100 valence electrons. The summed E-state index contributed by atoms with van der Waals surface area (Å²) in [5.41, 5.74) is 0.301. The molecule has 1 N–H and O–H groups in total. The van der Waals surface area contributed by atoms with Crippen LogP contribution in [-0.2, 0) is 0 Å². The lowest BCUT2D eigenvalue weighted by atomic mass is 10.1. The number of hydrogen-bond acceptors (Lipinski definition) is 4. The van der Waals surface area contributed by atoms with E-state index in [0.29, 0.717) is 17.3 Å². The molecular formula is C12H11BrIN3O2. The van der Waals surface area contributed by atoms with E-state index in [2.05, 4.69) is 53.8 Å². The van der Waals surface area contributed by atoms with E-state index in [1.807, 2.05) is 19.9 Å². The van der Waals surface area contributed by atoms with Gasteiger partial charge in [-0.15, -0.1) is 0 Å². The smallest absolute Gasteiger partial charge is 0.279 e. The van der Waals surface area contributed by atoms with Crippen LogP contribution in [-0.4, -0.2) is 15.9 Å². The van der Waals surface area contributed by atoms with Crippen LogP contribution in [0, 0.1) is 3.57 Å². The number of nitrogens with zero attached hydrogens (tertiary/aromatic N) is 2. The summed E-state index contributed by atoms with van der Waals surface area (Å²) in [5.74, 6) is 0.863. The second kappa shape index (κ2) is 6.00. The summed E-state index contributed by atoms with van der Waals surface area (Å²) in [6.45, 7) is 3.89. The number of oxazole rings is 1. The Balaban J connectivity index is 2.23. The Hall–Kier alpha value is -0.960. The van der Waals surface area contributed by atoms with Gasteiger partial charge in [0.15, 0.2) is 12.1 Å². The van der Waals surface area contributed by atoms with Crippen LogP contribution in [0.25, 0.3) is 0 Å². The first-order valence-corrected chi connectivity index (χ1v) is 7.42. The van der Waals surface area contributed by atoms with E-state index in [1.165, 1.54) is 6.39 Å². The van der Waals surface area contributed by atoms with Crippen molar-refractivity contribution in [1.82, 2.24) is 9.97 Å². The zero-order valence-corrected chi connectivity index (χ0v) is 14.0. The number of anilines is 1. The maximum atomic E-state index is 12.1. The van der Waals surface area contributed by atoms with Gasteiger partial charge in [-0.1, -0.05) is 13.8 Å². The van der Waals surface area contributed by atoms with Gasteiger partial charge < -0.3 is 9.73 Å². The fourth-order valence-corrected chi connectivity index (χ4v) is 2.88. The first kappa shape index (κ1) is 14.4. The lowest BCUT2D eigenvalue weighted by Crippen LogP contribution is -2.16. The van der Waals surface area contributed by atoms with Crippen molar-refractivity contribution < 1.29 is 9.21 Å². The summed E-state index contributed by atoms with van der Waals surface area (Å²) < 4.78 is 6.94. The summed E-state index contributed by atoms with van der Waals surface area (Å²) in [6.07, 6.45) is 2.91. The minimum atomic E-state index is -0.315. The molecule has 0 unspecified atom stereocenters. The molecule has 0 aliphatic rings. The number of aromatic nitrogens is 2. The van der Waals surface area contributed by atoms with Crippen molar-refractivity contribution in [3.63, 3.8) is 0 Å². The van der Waals surface area contributed by atoms with Crippen LogP contribution in [0.15, 0.2) is 27.5 Å². The van der Waals surface area contributed by atoms with Crippen molar-refractivity contribution in [3.05, 3.63) is 38.2 Å². The number of amides is 1. The highest BCUT2D eigenvalue weighted by atomic mass is 127. The molecule has 2 rings (SSSR count). The highest BCUT2D eigenvalue weighted by Gasteiger charge is 2.20. The number of pyridine rings is 1. The molecule has 0 radical (unpaired) electrons. The summed E-state index contributed by atoms with van der Waals surface area (Å²) >= 11 is 5.43. The molecule has 0 atom stereocenters. The van der Waals surface area contributed by atoms with E-state index >= 15 is 0 Å². The van der Waals surface area contributed by atoms with E-state index < -0.39 is 0 Å². The fraction of sp³-hybridized carbons (Fsp3) is 0.250. The normalized spacial score (nSPS) is 10.8. The quantitative estimate of drug-likeness (QED) is 0.744. The highest BCUT2D eigenvalue weighted by molar-refractivity contribution is 14.1. The molecule has 1 amide bonds. The van der Waals surface area contributed by atoms with Gasteiger partial charge in [0.05, 0.1) is 3.57 Å². The highest BCUT2D eigenvalue weighted by Crippen LogP contribution is 2.22.